The van der Waals surface area contributed by atoms with E-state index in [0.717, 1.165) is 5.56 Å². The van der Waals surface area contributed by atoms with Gasteiger partial charge in [0.15, 0.2) is 6.10 Å². The average molecular weight is 220 g/mol. The molecule has 1 atom stereocenters. The fraction of sp³-hybridized carbons (Fsp3) is 0.308. The Morgan fingerprint density at radius 3 is 2.69 bits per heavy atom. The van der Waals surface area contributed by atoms with E-state index in [1.807, 2.05) is 30.3 Å². The number of aliphatic carboxylic acids is 1. The van der Waals surface area contributed by atoms with Crippen LogP contribution in [-0.2, 0) is 16.1 Å². The van der Waals surface area contributed by atoms with Crippen LogP contribution in [0.3, 0.4) is 0 Å². The Morgan fingerprint density at radius 2 is 2.12 bits per heavy atom. The second-order valence-electron chi connectivity index (χ2n) is 3.49. The molecule has 1 unspecified atom stereocenters. The first-order chi connectivity index (χ1) is 7.74. The van der Waals surface area contributed by atoms with Crippen LogP contribution in [-0.4, -0.2) is 17.2 Å². The highest BCUT2D eigenvalue weighted by molar-refractivity contribution is 5.72. The maximum Gasteiger partial charge on any atom is 0.332 e. The summed E-state index contributed by atoms with van der Waals surface area (Å²) in [5, 5.41) is 8.92. The van der Waals surface area contributed by atoms with Gasteiger partial charge in [0.25, 0.3) is 0 Å². The molecular formula is C13H16O3. The summed E-state index contributed by atoms with van der Waals surface area (Å²) < 4.78 is 5.34. The van der Waals surface area contributed by atoms with Crippen LogP contribution in [0.25, 0.3) is 0 Å². The van der Waals surface area contributed by atoms with E-state index in [0.29, 0.717) is 19.4 Å². The van der Waals surface area contributed by atoms with Crippen molar-refractivity contribution in [1.29, 1.82) is 0 Å². The zero-order valence-electron chi connectivity index (χ0n) is 9.13. The van der Waals surface area contributed by atoms with E-state index in [1.54, 1.807) is 6.08 Å². The van der Waals surface area contributed by atoms with Crippen LogP contribution in [0.2, 0.25) is 0 Å². The number of benzene rings is 1. The van der Waals surface area contributed by atoms with Gasteiger partial charge in [-0.25, -0.2) is 4.79 Å². The van der Waals surface area contributed by atoms with Crippen molar-refractivity contribution in [1.82, 2.24) is 0 Å². The monoisotopic (exact) mass is 220 g/mol. The van der Waals surface area contributed by atoms with E-state index in [4.69, 9.17) is 9.84 Å². The van der Waals surface area contributed by atoms with Gasteiger partial charge in [0.05, 0.1) is 6.61 Å². The maximum atomic E-state index is 10.9. The van der Waals surface area contributed by atoms with E-state index >= 15 is 0 Å². The molecule has 1 aromatic rings. The quantitative estimate of drug-likeness (QED) is 0.718. The van der Waals surface area contributed by atoms with Crippen LogP contribution in [0.15, 0.2) is 43.0 Å². The Hall–Kier alpha value is -1.61. The van der Waals surface area contributed by atoms with Gasteiger partial charge >= 0.3 is 5.97 Å². The molecular weight excluding hydrogens is 204 g/mol. The molecule has 0 saturated heterocycles. The van der Waals surface area contributed by atoms with Gasteiger partial charge in [-0.1, -0.05) is 36.4 Å². The van der Waals surface area contributed by atoms with Gasteiger partial charge in [-0.2, -0.15) is 0 Å². The molecule has 0 fully saturated rings. The second kappa shape index (κ2) is 6.80. The van der Waals surface area contributed by atoms with Gasteiger partial charge < -0.3 is 9.84 Å². The molecule has 0 spiro atoms. The number of carbonyl (C=O) groups is 1. The Balaban J connectivity index is 2.43. The Bertz CT molecular complexity index is 332. The molecule has 0 heterocycles. The number of rotatable bonds is 7. The smallest absolute Gasteiger partial charge is 0.332 e. The lowest BCUT2D eigenvalue weighted by Gasteiger charge is -2.12. The maximum absolute atomic E-state index is 10.9. The minimum Gasteiger partial charge on any atom is -0.479 e. The first-order valence-corrected chi connectivity index (χ1v) is 5.23. The Morgan fingerprint density at radius 1 is 1.44 bits per heavy atom. The summed E-state index contributed by atoms with van der Waals surface area (Å²) in [5.74, 6) is -0.919. The average Bonchev–Trinajstić information content (AvgIpc) is 2.30. The topological polar surface area (TPSA) is 46.5 Å². The molecule has 0 aliphatic heterocycles. The molecule has 0 aliphatic carbocycles. The number of carboxylic acid groups (broad SMARTS) is 1. The fourth-order valence-corrected chi connectivity index (χ4v) is 1.32. The van der Waals surface area contributed by atoms with Gasteiger partial charge in [-0.15, -0.1) is 6.58 Å². The summed E-state index contributed by atoms with van der Waals surface area (Å²) in [6, 6.07) is 9.53. The number of hydrogen-bond acceptors (Lipinski definition) is 2. The number of ether oxygens (including phenoxy) is 1. The van der Waals surface area contributed by atoms with Gasteiger partial charge in [0.2, 0.25) is 0 Å². The molecule has 0 saturated carbocycles. The van der Waals surface area contributed by atoms with E-state index < -0.39 is 12.1 Å². The first-order valence-electron chi connectivity index (χ1n) is 5.23. The highest BCUT2D eigenvalue weighted by Gasteiger charge is 2.16. The standard InChI is InChI=1S/C13H16O3/c1-2-3-9-12(13(14)15)16-10-11-7-5-4-6-8-11/h2,4-8,12H,1,3,9-10H2,(H,14,15). The molecule has 86 valence electrons. The predicted molar refractivity (Wildman–Crippen MR) is 62.1 cm³/mol. The third-order valence-electron chi connectivity index (χ3n) is 2.20. The minimum atomic E-state index is -0.919. The minimum absolute atomic E-state index is 0.328. The lowest BCUT2D eigenvalue weighted by atomic mass is 10.2. The summed E-state index contributed by atoms with van der Waals surface area (Å²) in [6.07, 6.45) is 2.05. The largest absolute Gasteiger partial charge is 0.479 e. The summed E-state index contributed by atoms with van der Waals surface area (Å²) in [4.78, 5) is 10.9. The molecule has 0 amide bonds. The van der Waals surface area contributed by atoms with Gasteiger partial charge in [-0.3, -0.25) is 0 Å². The molecule has 0 radical (unpaired) electrons. The zero-order valence-corrected chi connectivity index (χ0v) is 9.13. The van der Waals surface area contributed by atoms with Crippen LogP contribution in [0.1, 0.15) is 18.4 Å². The van der Waals surface area contributed by atoms with Crippen molar-refractivity contribution < 1.29 is 14.6 Å². The van der Waals surface area contributed by atoms with Crippen molar-refractivity contribution in [2.45, 2.75) is 25.6 Å². The number of carboxylic acids is 1. The van der Waals surface area contributed by atoms with E-state index in [2.05, 4.69) is 6.58 Å². The molecule has 3 nitrogen and oxygen atoms in total. The summed E-state index contributed by atoms with van der Waals surface area (Å²) in [7, 11) is 0. The van der Waals surface area contributed by atoms with Crippen molar-refractivity contribution in [2.75, 3.05) is 0 Å². The number of hydrogen-bond donors (Lipinski definition) is 1. The highest BCUT2D eigenvalue weighted by atomic mass is 16.5. The highest BCUT2D eigenvalue weighted by Crippen LogP contribution is 2.08. The predicted octanol–water partition coefficient (Wildman–Crippen LogP) is 2.62. The molecule has 1 rings (SSSR count). The molecule has 0 aliphatic rings. The molecule has 0 bridgehead atoms. The van der Waals surface area contributed by atoms with Crippen molar-refractivity contribution in [3.63, 3.8) is 0 Å². The van der Waals surface area contributed by atoms with Crippen LogP contribution < -0.4 is 0 Å². The fourth-order valence-electron chi connectivity index (χ4n) is 1.32. The normalized spacial score (nSPS) is 12.0. The van der Waals surface area contributed by atoms with Crippen molar-refractivity contribution in [3.8, 4) is 0 Å². The first kappa shape index (κ1) is 12.5. The third-order valence-corrected chi connectivity index (χ3v) is 2.20. The summed E-state index contributed by atoms with van der Waals surface area (Å²) >= 11 is 0. The van der Waals surface area contributed by atoms with Crippen LogP contribution in [0, 0.1) is 0 Å². The van der Waals surface area contributed by atoms with E-state index in [9.17, 15) is 4.79 Å². The van der Waals surface area contributed by atoms with Crippen LogP contribution >= 0.6 is 0 Å². The third kappa shape index (κ3) is 4.28. The van der Waals surface area contributed by atoms with Crippen LogP contribution in [0.4, 0.5) is 0 Å². The second-order valence-corrected chi connectivity index (χ2v) is 3.49. The Labute approximate surface area is 95.4 Å². The van der Waals surface area contributed by atoms with Crippen molar-refractivity contribution >= 4 is 5.97 Å². The van der Waals surface area contributed by atoms with Gasteiger partial charge in [0.1, 0.15) is 0 Å². The van der Waals surface area contributed by atoms with Gasteiger partial charge in [0, 0.05) is 0 Å². The lowest BCUT2D eigenvalue weighted by molar-refractivity contribution is -0.151. The Kier molecular flexibility index (Phi) is 5.29. The van der Waals surface area contributed by atoms with E-state index in [1.165, 1.54) is 0 Å². The van der Waals surface area contributed by atoms with E-state index in [-0.39, 0.29) is 0 Å². The van der Waals surface area contributed by atoms with Gasteiger partial charge in [-0.05, 0) is 18.4 Å². The number of allylic oxidation sites excluding steroid dienone is 1. The summed E-state index contributed by atoms with van der Waals surface area (Å²) in [5.41, 5.74) is 0.979. The SMILES string of the molecule is C=CCCC(OCc1ccccc1)C(=O)O. The molecule has 1 aromatic carbocycles. The van der Waals surface area contributed by atoms with Crippen molar-refractivity contribution in [3.05, 3.63) is 48.6 Å². The zero-order chi connectivity index (χ0) is 11.8. The lowest BCUT2D eigenvalue weighted by Crippen LogP contribution is -2.23. The molecule has 1 N–H and O–H groups in total. The molecule has 3 heteroatoms. The summed E-state index contributed by atoms with van der Waals surface area (Å²) in [6.45, 7) is 3.89. The van der Waals surface area contributed by atoms with Crippen LogP contribution in [0.5, 0.6) is 0 Å². The molecule has 16 heavy (non-hydrogen) atoms. The molecule has 0 aromatic heterocycles. The van der Waals surface area contributed by atoms with Crippen molar-refractivity contribution in [2.24, 2.45) is 0 Å².